The molecule has 0 aromatic heterocycles. The maximum absolute atomic E-state index is 10.9. The molecule has 5 heteroatoms. The average molecular weight is 852 g/mol. The molecule has 0 saturated heterocycles. The van der Waals surface area contributed by atoms with Gasteiger partial charge in [0.1, 0.15) is 0 Å². The molecule has 4 nitrogen and oxygen atoms in total. The zero-order chi connectivity index (χ0) is 42.2. The number of hydrogen-bond donors (Lipinski definition) is 0. The summed E-state index contributed by atoms with van der Waals surface area (Å²) in [6.45, 7) is 15.9. The molecule has 332 valence electrons. The van der Waals surface area contributed by atoms with Crippen molar-refractivity contribution in [1.29, 1.82) is 0 Å². The van der Waals surface area contributed by atoms with Crippen molar-refractivity contribution in [1.82, 2.24) is 0 Å². The van der Waals surface area contributed by atoms with E-state index < -0.39 is 5.75 Å². The molecule has 0 spiro atoms. The van der Waals surface area contributed by atoms with Crippen molar-refractivity contribution in [2.24, 2.45) is 9.98 Å². The number of benzene rings is 3. The first-order valence-corrected chi connectivity index (χ1v) is 24.2. The monoisotopic (exact) mass is 851 g/mol. The predicted octanol–water partition coefficient (Wildman–Crippen LogP) is 15.8. The van der Waals surface area contributed by atoms with Gasteiger partial charge in [-0.25, -0.2) is 0 Å². The van der Waals surface area contributed by atoms with Gasteiger partial charge < -0.3 is 10.2 Å². The summed E-state index contributed by atoms with van der Waals surface area (Å²) >= 11 is 0. The van der Waals surface area contributed by atoms with Gasteiger partial charge in [-0.3, -0.25) is 9.98 Å². The maximum atomic E-state index is 10.9. The zero-order valence-corrected chi connectivity index (χ0v) is 39.8. The van der Waals surface area contributed by atoms with Crippen molar-refractivity contribution in [2.45, 2.75) is 222 Å². The molecule has 0 unspecified atom stereocenters. The Morgan fingerprint density at radius 3 is 1.20 bits per heavy atom. The van der Waals surface area contributed by atoms with E-state index in [0.29, 0.717) is 0 Å². The van der Waals surface area contributed by atoms with E-state index in [1.807, 2.05) is 0 Å². The Bertz CT molecular complexity index is 1580. The topological polar surface area (TPSA) is 70.8 Å². The fourth-order valence-electron chi connectivity index (χ4n) is 7.49. The second-order valence-electron chi connectivity index (χ2n) is 16.7. The smallest absolute Gasteiger partial charge is 0.873 e. The van der Waals surface area contributed by atoms with Crippen LogP contribution in [0.15, 0.2) is 64.6 Å². The van der Waals surface area contributed by atoms with Gasteiger partial charge in [-0.15, -0.1) is 11.5 Å². The van der Waals surface area contributed by atoms with Crippen molar-refractivity contribution in [3.05, 3.63) is 82.4 Å². The molecule has 0 radical (unpaired) electrons. The van der Waals surface area contributed by atoms with Crippen LogP contribution in [-0.2, 0) is 48.6 Å². The van der Waals surface area contributed by atoms with E-state index in [9.17, 15) is 10.2 Å². The van der Waals surface area contributed by atoms with Crippen molar-refractivity contribution < 1.29 is 26.7 Å². The second-order valence-corrected chi connectivity index (χ2v) is 16.7. The number of hydrogen-bond acceptors (Lipinski definition) is 4. The first-order valence-electron chi connectivity index (χ1n) is 24.2. The molecule has 0 fully saturated rings. The van der Waals surface area contributed by atoms with E-state index in [-0.39, 0.29) is 22.2 Å². The first kappa shape index (κ1) is 54.1. The summed E-state index contributed by atoms with van der Waals surface area (Å²) in [6, 6.07) is 18.7. The summed E-state index contributed by atoms with van der Waals surface area (Å²) in [5.74, 6) is -0.793. The Kier molecular flexibility index (Phi) is 31.9. The van der Waals surface area contributed by atoms with Gasteiger partial charge >= 0.3 is 16.5 Å². The Morgan fingerprint density at radius 1 is 0.373 bits per heavy atom. The standard InChI is InChI=1S/C44H72N2.C10H14O2.Ni/c1-7-13-19-20-21-22-23-24-30-44(46-42-34-32-38(26-15-9-3)40(36-42)28-17-11-5)43(29-18-12-6)45-41-33-31-37(25-14-8-2)39(35-41)27-16-10-4;1-2-3-4-8-5-6-9(11)10(12)7-8;/h31-36H,7-30H2,1-6H3;5-7,11-12H,2-4H2,1H3;/q;;+2/p-2. The number of aryl methyl sites for hydroxylation is 5. The van der Waals surface area contributed by atoms with Gasteiger partial charge in [-0.1, -0.05) is 162 Å². The van der Waals surface area contributed by atoms with Crippen LogP contribution in [0.3, 0.4) is 0 Å². The fraction of sp³-hybridized carbons (Fsp3) is 0.630. The summed E-state index contributed by atoms with van der Waals surface area (Å²) in [5.41, 5.74) is 11.8. The zero-order valence-electron chi connectivity index (χ0n) is 38.8. The number of unbranched alkanes of at least 4 members (excludes halogenated alkanes) is 13. The molecule has 3 aromatic carbocycles. The molecule has 59 heavy (non-hydrogen) atoms. The van der Waals surface area contributed by atoms with Crippen LogP contribution < -0.4 is 10.2 Å². The van der Waals surface area contributed by atoms with Crippen LogP contribution in [0.4, 0.5) is 11.4 Å². The van der Waals surface area contributed by atoms with Crippen LogP contribution in [0.25, 0.3) is 0 Å². The fourth-order valence-corrected chi connectivity index (χ4v) is 7.49. The van der Waals surface area contributed by atoms with Gasteiger partial charge in [-0.2, -0.15) is 0 Å². The molecule has 0 saturated carbocycles. The van der Waals surface area contributed by atoms with Crippen molar-refractivity contribution in [3.8, 4) is 11.5 Å². The molecule has 0 N–H and O–H groups in total. The van der Waals surface area contributed by atoms with E-state index in [2.05, 4.69) is 84.9 Å². The average Bonchev–Trinajstić information content (AvgIpc) is 3.24. The summed E-state index contributed by atoms with van der Waals surface area (Å²) in [7, 11) is 0. The Morgan fingerprint density at radius 2 is 0.763 bits per heavy atom. The van der Waals surface area contributed by atoms with Gasteiger partial charge in [0, 0.05) is 0 Å². The Balaban J connectivity index is 0.00000114. The van der Waals surface area contributed by atoms with E-state index >= 15 is 0 Å². The normalized spacial score (nSPS) is 11.6. The van der Waals surface area contributed by atoms with Crippen LogP contribution >= 0.6 is 0 Å². The third-order valence-electron chi connectivity index (χ3n) is 11.3. The van der Waals surface area contributed by atoms with Crippen molar-refractivity contribution in [3.63, 3.8) is 0 Å². The SMILES string of the molecule is CCCCCCCCCCC(=Nc1ccc(CCCC)c(CCCC)c1)C(CCCC)=Nc1ccc(CCCC)c(CCCC)c1.CCCCc1ccc([O-])c([O-])c1.[Ni+2]. The van der Waals surface area contributed by atoms with Crippen LogP contribution in [0.2, 0.25) is 0 Å². The van der Waals surface area contributed by atoms with E-state index in [1.165, 1.54) is 168 Å². The van der Waals surface area contributed by atoms with Gasteiger partial charge in [0.2, 0.25) is 0 Å². The van der Waals surface area contributed by atoms with E-state index in [0.717, 1.165) is 68.3 Å². The minimum absolute atomic E-state index is 0. The molecular formula is C54H84N2NiO2. The van der Waals surface area contributed by atoms with Gasteiger partial charge in [0.25, 0.3) is 0 Å². The van der Waals surface area contributed by atoms with Crippen LogP contribution in [0, 0.1) is 0 Å². The molecular weight excluding hydrogens is 767 g/mol. The number of aliphatic imine (C=N–C) groups is 2. The third kappa shape index (κ3) is 23.0. The molecule has 0 amide bonds. The maximum Gasteiger partial charge on any atom is 2.00 e. The summed E-state index contributed by atoms with van der Waals surface area (Å²) in [4.78, 5) is 10.9. The van der Waals surface area contributed by atoms with Gasteiger partial charge in [-0.05, 0) is 142 Å². The number of nitrogens with zero attached hydrogens (tertiary/aromatic N) is 2. The Labute approximate surface area is 373 Å². The minimum Gasteiger partial charge on any atom is -0.873 e. The summed E-state index contributed by atoms with van der Waals surface area (Å²) in [5, 5.41) is 21.6. The Hall–Kier alpha value is -2.91. The first-order chi connectivity index (χ1) is 28.3. The second kappa shape index (κ2) is 34.8. The van der Waals surface area contributed by atoms with E-state index in [4.69, 9.17) is 9.98 Å². The van der Waals surface area contributed by atoms with Gasteiger partial charge in [0.05, 0.1) is 22.8 Å². The predicted molar refractivity (Wildman–Crippen MR) is 252 cm³/mol. The summed E-state index contributed by atoms with van der Waals surface area (Å²) < 4.78 is 0. The molecule has 0 heterocycles. The number of rotatable bonds is 30. The molecule has 0 aliphatic heterocycles. The van der Waals surface area contributed by atoms with Crippen LogP contribution in [0.5, 0.6) is 11.5 Å². The molecule has 0 bridgehead atoms. The van der Waals surface area contributed by atoms with Crippen LogP contribution in [0.1, 0.15) is 218 Å². The van der Waals surface area contributed by atoms with Crippen molar-refractivity contribution in [2.75, 3.05) is 0 Å². The van der Waals surface area contributed by atoms with E-state index in [1.54, 1.807) is 6.07 Å². The van der Waals surface area contributed by atoms with Gasteiger partial charge in [0.15, 0.2) is 0 Å². The van der Waals surface area contributed by atoms with Crippen LogP contribution in [-0.4, -0.2) is 11.4 Å². The molecule has 0 aliphatic rings. The molecule has 3 aromatic rings. The van der Waals surface area contributed by atoms with Crippen molar-refractivity contribution >= 4 is 22.8 Å². The molecule has 0 aliphatic carbocycles. The summed E-state index contributed by atoms with van der Waals surface area (Å²) in [6.07, 6.45) is 32.8. The largest absolute Gasteiger partial charge is 2.00 e. The third-order valence-corrected chi connectivity index (χ3v) is 11.3. The molecule has 3 rings (SSSR count). The molecule has 0 atom stereocenters. The quantitative estimate of drug-likeness (QED) is 0.0381. The minimum atomic E-state index is -0.407.